The first kappa shape index (κ1) is 11.4. The van der Waals surface area contributed by atoms with Gasteiger partial charge in [-0.05, 0) is 42.8 Å². The Morgan fingerprint density at radius 1 is 1.16 bits per heavy atom. The summed E-state index contributed by atoms with van der Waals surface area (Å²) in [6.45, 7) is 1.81. The van der Waals surface area contributed by atoms with Crippen LogP contribution in [0.15, 0.2) is 47.1 Å². The molecule has 0 aliphatic rings. The number of aryl methyl sites for hydroxylation is 1. The molecule has 3 rings (SSSR count). The van der Waals surface area contributed by atoms with Crippen LogP contribution in [0.5, 0.6) is 5.75 Å². The topological polar surface area (TPSA) is 72.0 Å². The van der Waals surface area contributed by atoms with Crippen molar-refractivity contribution in [3.63, 3.8) is 0 Å². The summed E-state index contributed by atoms with van der Waals surface area (Å²) in [5.74, 6) is 1.10. The minimum absolute atomic E-state index is 0.244. The fourth-order valence-electron chi connectivity index (χ4n) is 1.73. The molecule has 0 aliphatic heterocycles. The van der Waals surface area contributed by atoms with Gasteiger partial charge in [-0.15, -0.1) is 0 Å². The van der Waals surface area contributed by atoms with Crippen LogP contribution >= 0.6 is 0 Å². The van der Waals surface area contributed by atoms with Crippen LogP contribution in [0.3, 0.4) is 0 Å². The lowest BCUT2D eigenvalue weighted by Crippen LogP contribution is -1.84. The lowest BCUT2D eigenvalue weighted by atomic mass is 10.1. The number of hydrogen-bond acceptors (Lipinski definition) is 5. The van der Waals surface area contributed by atoms with Crippen LogP contribution in [0.4, 0.5) is 0 Å². The number of aromatic hydroxyl groups is 1. The molecule has 0 amide bonds. The zero-order valence-electron chi connectivity index (χ0n) is 10.2. The zero-order chi connectivity index (χ0) is 13.2. The number of benzene rings is 1. The summed E-state index contributed by atoms with van der Waals surface area (Å²) >= 11 is 0. The molecule has 0 bridgehead atoms. The number of phenolic OH excluding ortho intramolecular Hbond substituents is 1. The SMILES string of the molecule is Cc1cc(-c2nc(-c3ccccn3)no2)ccc1O. The monoisotopic (exact) mass is 253 g/mol. The van der Waals surface area contributed by atoms with Gasteiger partial charge in [0.05, 0.1) is 0 Å². The number of aromatic nitrogens is 3. The highest BCUT2D eigenvalue weighted by Gasteiger charge is 2.11. The molecule has 19 heavy (non-hydrogen) atoms. The molecule has 5 nitrogen and oxygen atoms in total. The maximum Gasteiger partial charge on any atom is 0.258 e. The third kappa shape index (κ3) is 2.18. The minimum atomic E-state index is 0.244. The maximum absolute atomic E-state index is 9.50. The molecule has 0 unspecified atom stereocenters. The minimum Gasteiger partial charge on any atom is -0.508 e. The van der Waals surface area contributed by atoms with E-state index >= 15 is 0 Å². The van der Waals surface area contributed by atoms with E-state index in [0.29, 0.717) is 17.4 Å². The van der Waals surface area contributed by atoms with Gasteiger partial charge in [-0.3, -0.25) is 4.98 Å². The molecule has 5 heteroatoms. The van der Waals surface area contributed by atoms with Gasteiger partial charge in [0, 0.05) is 11.8 Å². The normalized spacial score (nSPS) is 10.6. The van der Waals surface area contributed by atoms with Gasteiger partial charge < -0.3 is 9.63 Å². The van der Waals surface area contributed by atoms with Gasteiger partial charge in [-0.2, -0.15) is 4.98 Å². The predicted octanol–water partition coefficient (Wildman–Crippen LogP) is 2.81. The Bertz CT molecular complexity index is 708. The molecule has 0 spiro atoms. The second kappa shape index (κ2) is 4.53. The predicted molar refractivity (Wildman–Crippen MR) is 69.4 cm³/mol. The van der Waals surface area contributed by atoms with Crippen LogP contribution < -0.4 is 0 Å². The molecule has 0 atom stereocenters. The second-order valence-electron chi connectivity index (χ2n) is 4.14. The quantitative estimate of drug-likeness (QED) is 0.760. The average Bonchev–Trinajstić information content (AvgIpc) is 2.93. The Hall–Kier alpha value is -2.69. The van der Waals surface area contributed by atoms with E-state index in [9.17, 15) is 5.11 Å². The Labute approximate surface area is 109 Å². The van der Waals surface area contributed by atoms with Crippen LogP contribution in [0, 0.1) is 6.92 Å². The molecule has 94 valence electrons. The van der Waals surface area contributed by atoms with E-state index in [4.69, 9.17) is 4.52 Å². The molecule has 2 aromatic heterocycles. The molecular formula is C14H11N3O2. The maximum atomic E-state index is 9.50. The van der Waals surface area contributed by atoms with Crippen LogP contribution in [0.2, 0.25) is 0 Å². The Morgan fingerprint density at radius 3 is 2.79 bits per heavy atom. The molecule has 0 fully saturated rings. The van der Waals surface area contributed by atoms with Gasteiger partial charge >= 0.3 is 0 Å². The third-order valence-corrected chi connectivity index (χ3v) is 2.76. The molecule has 1 aromatic carbocycles. The summed E-state index contributed by atoms with van der Waals surface area (Å²) in [6.07, 6.45) is 1.68. The van der Waals surface area contributed by atoms with Crippen molar-refractivity contribution in [2.24, 2.45) is 0 Å². The molecule has 0 saturated heterocycles. The Kier molecular flexibility index (Phi) is 2.72. The summed E-state index contributed by atoms with van der Waals surface area (Å²) in [7, 11) is 0. The van der Waals surface area contributed by atoms with Gasteiger partial charge in [0.15, 0.2) is 0 Å². The van der Waals surface area contributed by atoms with Crippen molar-refractivity contribution < 1.29 is 9.63 Å². The van der Waals surface area contributed by atoms with Gasteiger partial charge in [-0.1, -0.05) is 11.2 Å². The molecule has 1 N–H and O–H groups in total. The van der Waals surface area contributed by atoms with Crippen LogP contribution in [0.1, 0.15) is 5.56 Å². The largest absolute Gasteiger partial charge is 0.508 e. The fourth-order valence-corrected chi connectivity index (χ4v) is 1.73. The van der Waals surface area contributed by atoms with Gasteiger partial charge in [0.2, 0.25) is 5.82 Å². The second-order valence-corrected chi connectivity index (χ2v) is 4.14. The van der Waals surface area contributed by atoms with E-state index in [1.54, 1.807) is 24.4 Å². The average molecular weight is 253 g/mol. The van der Waals surface area contributed by atoms with E-state index in [1.165, 1.54) is 0 Å². The number of pyridine rings is 1. The molecule has 0 radical (unpaired) electrons. The standard InChI is InChI=1S/C14H11N3O2/c1-9-8-10(5-6-12(9)18)14-16-13(17-19-14)11-4-2-3-7-15-11/h2-8,18H,1H3. The number of nitrogens with zero attached hydrogens (tertiary/aromatic N) is 3. The summed E-state index contributed by atoms with van der Waals surface area (Å²) in [4.78, 5) is 8.46. The van der Waals surface area contributed by atoms with Crippen LogP contribution in [-0.4, -0.2) is 20.2 Å². The highest BCUT2D eigenvalue weighted by atomic mass is 16.5. The van der Waals surface area contributed by atoms with Crippen molar-refractivity contribution in [1.82, 2.24) is 15.1 Å². The molecule has 0 aliphatic carbocycles. The van der Waals surface area contributed by atoms with Gasteiger partial charge in [0.25, 0.3) is 5.89 Å². The lowest BCUT2D eigenvalue weighted by molar-refractivity contribution is 0.432. The third-order valence-electron chi connectivity index (χ3n) is 2.76. The summed E-state index contributed by atoms with van der Waals surface area (Å²) in [5.41, 5.74) is 2.19. The molecular weight excluding hydrogens is 242 g/mol. The first-order valence-corrected chi connectivity index (χ1v) is 5.79. The fraction of sp³-hybridized carbons (Fsp3) is 0.0714. The lowest BCUT2D eigenvalue weighted by Gasteiger charge is -1.99. The van der Waals surface area contributed by atoms with Crippen molar-refractivity contribution in [3.8, 4) is 28.7 Å². The van der Waals surface area contributed by atoms with Crippen molar-refractivity contribution in [3.05, 3.63) is 48.2 Å². The van der Waals surface area contributed by atoms with Gasteiger partial charge in [-0.25, -0.2) is 0 Å². The number of rotatable bonds is 2. The van der Waals surface area contributed by atoms with E-state index < -0.39 is 0 Å². The molecule has 3 aromatic rings. The molecule has 2 heterocycles. The molecule has 0 saturated carbocycles. The van der Waals surface area contributed by atoms with E-state index in [1.807, 2.05) is 25.1 Å². The number of phenols is 1. The zero-order valence-corrected chi connectivity index (χ0v) is 10.2. The van der Waals surface area contributed by atoms with Crippen LogP contribution in [0.25, 0.3) is 23.0 Å². The van der Waals surface area contributed by atoms with Crippen molar-refractivity contribution >= 4 is 0 Å². The van der Waals surface area contributed by atoms with Crippen molar-refractivity contribution in [2.45, 2.75) is 6.92 Å². The highest BCUT2D eigenvalue weighted by Crippen LogP contribution is 2.25. The Balaban J connectivity index is 1.99. The number of hydrogen-bond donors (Lipinski definition) is 1. The first-order chi connectivity index (χ1) is 9.24. The smallest absolute Gasteiger partial charge is 0.258 e. The Morgan fingerprint density at radius 2 is 2.05 bits per heavy atom. The highest BCUT2D eigenvalue weighted by molar-refractivity contribution is 5.59. The van der Waals surface area contributed by atoms with Crippen LogP contribution in [-0.2, 0) is 0 Å². The summed E-state index contributed by atoms with van der Waals surface area (Å²) in [6, 6.07) is 10.6. The first-order valence-electron chi connectivity index (χ1n) is 5.79. The summed E-state index contributed by atoms with van der Waals surface area (Å²) < 4.78 is 5.22. The van der Waals surface area contributed by atoms with Crippen molar-refractivity contribution in [2.75, 3.05) is 0 Å². The van der Waals surface area contributed by atoms with E-state index in [0.717, 1.165) is 11.1 Å². The van der Waals surface area contributed by atoms with Crippen molar-refractivity contribution in [1.29, 1.82) is 0 Å². The van der Waals surface area contributed by atoms with E-state index in [-0.39, 0.29) is 5.75 Å². The van der Waals surface area contributed by atoms with Gasteiger partial charge in [0.1, 0.15) is 11.4 Å². The summed E-state index contributed by atoms with van der Waals surface area (Å²) in [5, 5.41) is 13.4. The van der Waals surface area contributed by atoms with E-state index in [2.05, 4.69) is 15.1 Å².